The second-order valence-electron chi connectivity index (χ2n) is 4.86. The van der Waals surface area contributed by atoms with Gasteiger partial charge in [0.2, 0.25) is 21.5 Å². The first-order chi connectivity index (χ1) is 11.3. The molecule has 2 rings (SSSR count). The fourth-order valence-corrected chi connectivity index (χ4v) is 3.63. The molecule has 130 valence electrons. The van der Waals surface area contributed by atoms with Gasteiger partial charge in [0.05, 0.1) is 5.75 Å². The Balaban J connectivity index is 2.44. The molecule has 0 amide bonds. The Labute approximate surface area is 147 Å². The third-order valence-electron chi connectivity index (χ3n) is 2.92. The van der Waals surface area contributed by atoms with Crippen LogP contribution in [0.15, 0.2) is 34.7 Å². The summed E-state index contributed by atoms with van der Waals surface area (Å²) in [6, 6.07) is 8.56. The van der Waals surface area contributed by atoms with E-state index in [9.17, 15) is 18.3 Å². The van der Waals surface area contributed by atoms with Gasteiger partial charge in [-0.2, -0.15) is 0 Å². The monoisotopic (exact) mass is 417 g/mol. The van der Waals surface area contributed by atoms with Crippen LogP contribution in [-0.4, -0.2) is 30.6 Å². The summed E-state index contributed by atoms with van der Waals surface area (Å²) < 4.78 is 36.6. The number of hydrogen-bond acceptors (Lipinski definition) is 6. The summed E-state index contributed by atoms with van der Waals surface area (Å²) in [4.78, 5) is 11.2. The molecule has 1 aromatic heterocycles. The molecule has 2 N–H and O–H groups in total. The number of halogens is 1. The largest absolute Gasteiger partial charge is 0.502 e. The highest BCUT2D eigenvalue weighted by Crippen LogP contribution is 2.46. The first-order valence-electron chi connectivity index (χ1n) is 7.00. The van der Waals surface area contributed by atoms with Gasteiger partial charge in [0.1, 0.15) is 0 Å². The lowest BCUT2D eigenvalue weighted by Crippen LogP contribution is -2.17. The fraction of sp³-hybridized carbons (Fsp3) is 0.267. The SMILES string of the molecule is CC(=O)Oc1c(NS(=O)(=O)CCCBr)oc(-c2ccccc2)c1O. The third-order valence-corrected chi connectivity index (χ3v) is 4.80. The van der Waals surface area contributed by atoms with Crippen LogP contribution in [0.3, 0.4) is 0 Å². The van der Waals surface area contributed by atoms with Gasteiger partial charge >= 0.3 is 5.97 Å². The van der Waals surface area contributed by atoms with Gasteiger partial charge in [0.15, 0.2) is 5.76 Å². The molecule has 0 aliphatic carbocycles. The first kappa shape index (κ1) is 18.3. The number of benzene rings is 1. The summed E-state index contributed by atoms with van der Waals surface area (Å²) in [6.45, 7) is 1.14. The van der Waals surface area contributed by atoms with E-state index in [2.05, 4.69) is 20.7 Å². The van der Waals surface area contributed by atoms with Crippen LogP contribution in [0.1, 0.15) is 13.3 Å². The van der Waals surface area contributed by atoms with E-state index in [0.29, 0.717) is 17.3 Å². The highest BCUT2D eigenvalue weighted by Gasteiger charge is 2.27. The minimum absolute atomic E-state index is 0.00467. The van der Waals surface area contributed by atoms with Gasteiger partial charge in [-0.1, -0.05) is 46.3 Å². The van der Waals surface area contributed by atoms with E-state index in [-0.39, 0.29) is 23.1 Å². The molecular weight excluding hydrogens is 402 g/mol. The van der Waals surface area contributed by atoms with Crippen LogP contribution in [0.5, 0.6) is 11.5 Å². The van der Waals surface area contributed by atoms with E-state index in [1.54, 1.807) is 30.3 Å². The van der Waals surface area contributed by atoms with Gasteiger partial charge < -0.3 is 14.3 Å². The van der Waals surface area contributed by atoms with Crippen LogP contribution in [0, 0.1) is 0 Å². The highest BCUT2D eigenvalue weighted by atomic mass is 79.9. The molecule has 24 heavy (non-hydrogen) atoms. The molecule has 0 aliphatic heterocycles. The molecule has 0 saturated heterocycles. The van der Waals surface area contributed by atoms with Crippen molar-refractivity contribution in [1.29, 1.82) is 0 Å². The number of ether oxygens (including phenoxy) is 1. The lowest BCUT2D eigenvalue weighted by atomic mass is 10.1. The minimum Gasteiger partial charge on any atom is -0.502 e. The van der Waals surface area contributed by atoms with E-state index in [1.807, 2.05) is 0 Å². The van der Waals surface area contributed by atoms with E-state index in [4.69, 9.17) is 9.15 Å². The molecule has 0 bridgehead atoms. The summed E-state index contributed by atoms with van der Waals surface area (Å²) >= 11 is 3.16. The van der Waals surface area contributed by atoms with Crippen LogP contribution in [0.4, 0.5) is 5.88 Å². The van der Waals surface area contributed by atoms with Crippen molar-refractivity contribution in [2.75, 3.05) is 15.8 Å². The number of rotatable bonds is 7. The zero-order valence-electron chi connectivity index (χ0n) is 12.8. The van der Waals surface area contributed by atoms with Crippen molar-refractivity contribution < 1.29 is 27.5 Å². The lowest BCUT2D eigenvalue weighted by molar-refractivity contribution is -0.131. The van der Waals surface area contributed by atoms with E-state index in [1.165, 1.54) is 0 Å². The summed E-state index contributed by atoms with van der Waals surface area (Å²) in [7, 11) is -3.72. The topological polar surface area (TPSA) is 106 Å². The smallest absolute Gasteiger partial charge is 0.308 e. The van der Waals surface area contributed by atoms with E-state index < -0.39 is 21.7 Å². The van der Waals surface area contributed by atoms with Crippen molar-refractivity contribution >= 4 is 37.8 Å². The molecule has 0 fully saturated rings. The van der Waals surface area contributed by atoms with Gasteiger partial charge in [0, 0.05) is 17.8 Å². The zero-order chi connectivity index (χ0) is 17.7. The van der Waals surface area contributed by atoms with Gasteiger partial charge in [-0.3, -0.25) is 4.79 Å². The predicted octanol–water partition coefficient (Wildman–Crippen LogP) is 3.10. The third kappa shape index (κ3) is 4.51. The number of furan rings is 1. The van der Waals surface area contributed by atoms with Crippen molar-refractivity contribution in [2.24, 2.45) is 0 Å². The number of alkyl halides is 1. The van der Waals surface area contributed by atoms with Gasteiger partial charge in [-0.05, 0) is 6.42 Å². The summed E-state index contributed by atoms with van der Waals surface area (Å²) in [5, 5.41) is 10.8. The number of carbonyl (C=O) groups excluding carboxylic acids is 1. The molecule has 9 heteroatoms. The fourth-order valence-electron chi connectivity index (χ4n) is 1.94. The standard InChI is InChI=1S/C15H16BrNO6S/c1-10(18)22-14-12(19)13(11-6-3-2-4-7-11)23-15(14)17-24(20,21)9-5-8-16/h2-4,6-7,17,19H,5,8-9H2,1H3. The normalized spacial score (nSPS) is 11.2. The van der Waals surface area contributed by atoms with Gasteiger partial charge in [-0.25, -0.2) is 13.1 Å². The molecule has 1 aromatic carbocycles. The Morgan fingerprint density at radius 3 is 2.58 bits per heavy atom. The van der Waals surface area contributed by atoms with E-state index in [0.717, 1.165) is 6.92 Å². The number of esters is 1. The number of aromatic hydroxyl groups is 1. The second kappa shape index (κ2) is 7.71. The van der Waals surface area contributed by atoms with Crippen LogP contribution >= 0.6 is 15.9 Å². The second-order valence-corrected chi connectivity index (χ2v) is 7.50. The Morgan fingerprint density at radius 1 is 1.33 bits per heavy atom. The van der Waals surface area contributed by atoms with Crippen molar-refractivity contribution in [3.8, 4) is 22.8 Å². The Bertz CT molecular complexity index is 816. The molecule has 1 heterocycles. The molecule has 0 atom stereocenters. The maximum atomic E-state index is 12.0. The number of hydrogen-bond donors (Lipinski definition) is 2. The van der Waals surface area contributed by atoms with Crippen LogP contribution in [0.2, 0.25) is 0 Å². The summed E-state index contributed by atoms with van der Waals surface area (Å²) in [5.74, 6) is -2.01. The molecular formula is C15H16BrNO6S. The Hall–Kier alpha value is -2.00. The van der Waals surface area contributed by atoms with E-state index >= 15 is 0 Å². The van der Waals surface area contributed by atoms with Crippen molar-refractivity contribution in [3.05, 3.63) is 30.3 Å². The average molecular weight is 418 g/mol. The van der Waals surface area contributed by atoms with Crippen molar-refractivity contribution in [3.63, 3.8) is 0 Å². The predicted molar refractivity (Wildman–Crippen MR) is 92.9 cm³/mol. The summed E-state index contributed by atoms with van der Waals surface area (Å²) in [6.07, 6.45) is 0.385. The quantitative estimate of drug-likeness (QED) is 0.529. The molecule has 0 unspecified atom stereocenters. The van der Waals surface area contributed by atoms with Crippen LogP contribution < -0.4 is 9.46 Å². The number of carbonyl (C=O) groups is 1. The summed E-state index contributed by atoms with van der Waals surface area (Å²) in [5.41, 5.74) is 0.509. The number of anilines is 1. The molecule has 0 radical (unpaired) electrons. The average Bonchev–Trinajstić information content (AvgIpc) is 2.82. The maximum absolute atomic E-state index is 12.0. The Morgan fingerprint density at radius 2 is 2.00 bits per heavy atom. The lowest BCUT2D eigenvalue weighted by Gasteiger charge is -2.06. The zero-order valence-corrected chi connectivity index (χ0v) is 15.2. The Kier molecular flexibility index (Phi) is 5.89. The molecule has 7 nitrogen and oxygen atoms in total. The first-order valence-corrected chi connectivity index (χ1v) is 9.77. The number of nitrogens with one attached hydrogen (secondary N) is 1. The molecule has 2 aromatic rings. The molecule has 0 spiro atoms. The maximum Gasteiger partial charge on any atom is 0.308 e. The van der Waals surface area contributed by atoms with Crippen LogP contribution in [-0.2, 0) is 14.8 Å². The van der Waals surface area contributed by atoms with Gasteiger partial charge in [0.25, 0.3) is 5.88 Å². The minimum atomic E-state index is -3.72. The highest BCUT2D eigenvalue weighted by molar-refractivity contribution is 9.09. The van der Waals surface area contributed by atoms with Gasteiger partial charge in [-0.15, -0.1) is 0 Å². The number of sulfonamides is 1. The molecule has 0 saturated carbocycles. The van der Waals surface area contributed by atoms with Crippen molar-refractivity contribution in [1.82, 2.24) is 0 Å². The van der Waals surface area contributed by atoms with Crippen LogP contribution in [0.25, 0.3) is 11.3 Å². The van der Waals surface area contributed by atoms with Crippen molar-refractivity contribution in [2.45, 2.75) is 13.3 Å². The molecule has 0 aliphatic rings.